The lowest BCUT2D eigenvalue weighted by atomic mass is 9.88. The molecule has 0 amide bonds. The largest absolute Gasteiger partial charge is 0.489 e. The minimum atomic E-state index is 0.0961. The fraction of sp³-hybridized carbons (Fsp3) is 0.103. The van der Waals surface area contributed by atoms with Crippen molar-refractivity contribution in [3.63, 3.8) is 0 Å². The summed E-state index contributed by atoms with van der Waals surface area (Å²) >= 11 is 0. The molecule has 0 saturated heterocycles. The van der Waals surface area contributed by atoms with E-state index in [1.165, 1.54) is 0 Å². The van der Waals surface area contributed by atoms with Gasteiger partial charge in [0.1, 0.15) is 12.4 Å². The van der Waals surface area contributed by atoms with E-state index in [2.05, 4.69) is 48.5 Å². The molecule has 1 N–H and O–H groups in total. The first-order valence-corrected chi connectivity index (χ1v) is 10.6. The highest BCUT2D eigenvalue weighted by atomic mass is 16.5. The summed E-state index contributed by atoms with van der Waals surface area (Å²) in [6.07, 6.45) is 0.584. The van der Waals surface area contributed by atoms with Gasteiger partial charge in [-0.1, -0.05) is 103 Å². The van der Waals surface area contributed by atoms with Crippen LogP contribution in [0.2, 0.25) is 0 Å². The first-order valence-electron chi connectivity index (χ1n) is 10.6. The molecule has 0 atom stereocenters. The molecule has 0 bridgehead atoms. The highest BCUT2D eigenvalue weighted by molar-refractivity contribution is 5.98. The summed E-state index contributed by atoms with van der Waals surface area (Å²) in [6, 6.07) is 39.1. The summed E-state index contributed by atoms with van der Waals surface area (Å²) in [5, 5.41) is 9.81. The van der Waals surface area contributed by atoms with Gasteiger partial charge in [-0.2, -0.15) is 0 Å². The van der Waals surface area contributed by atoms with Crippen LogP contribution in [0.15, 0.2) is 115 Å². The molecular weight excluding hydrogens is 380 g/mol. The van der Waals surface area contributed by atoms with E-state index >= 15 is 0 Å². The Morgan fingerprint density at radius 1 is 0.581 bits per heavy atom. The van der Waals surface area contributed by atoms with Gasteiger partial charge in [0.25, 0.3) is 0 Å². The van der Waals surface area contributed by atoms with Crippen molar-refractivity contribution in [2.24, 2.45) is 0 Å². The molecule has 4 rings (SSSR count). The van der Waals surface area contributed by atoms with Gasteiger partial charge in [-0.15, -0.1) is 0 Å². The minimum absolute atomic E-state index is 0.0961. The molecule has 4 aromatic rings. The lowest BCUT2D eigenvalue weighted by molar-refractivity contribution is 0.305. The molecule has 0 saturated carbocycles. The highest BCUT2D eigenvalue weighted by Crippen LogP contribution is 2.35. The molecule has 0 radical (unpaired) electrons. The zero-order chi connectivity index (χ0) is 21.3. The van der Waals surface area contributed by atoms with Crippen LogP contribution in [0, 0.1) is 0 Å². The molecular formula is C29H26O2. The van der Waals surface area contributed by atoms with Crippen LogP contribution < -0.4 is 4.74 Å². The Kier molecular flexibility index (Phi) is 6.94. The van der Waals surface area contributed by atoms with Crippen molar-refractivity contribution in [1.29, 1.82) is 0 Å². The number of hydrogen-bond acceptors (Lipinski definition) is 2. The molecule has 0 heterocycles. The molecule has 0 aliphatic carbocycles. The molecule has 2 heteroatoms. The number of hydrogen-bond donors (Lipinski definition) is 1. The third-order valence-electron chi connectivity index (χ3n) is 5.24. The van der Waals surface area contributed by atoms with Crippen molar-refractivity contribution in [2.75, 3.05) is 6.61 Å². The molecule has 31 heavy (non-hydrogen) atoms. The van der Waals surface area contributed by atoms with Crippen LogP contribution in [0.3, 0.4) is 0 Å². The summed E-state index contributed by atoms with van der Waals surface area (Å²) < 4.78 is 5.97. The monoisotopic (exact) mass is 406 g/mol. The van der Waals surface area contributed by atoms with Gasteiger partial charge < -0.3 is 9.84 Å². The standard InChI is InChI=1S/C29H26O2/c30-21-20-28(24-12-6-2-7-13-24)29(25-14-8-3-9-15-25)26-16-18-27(19-17-26)31-22-23-10-4-1-5-11-23/h1-19,30H,20-22H2. The van der Waals surface area contributed by atoms with E-state index in [1.807, 2.05) is 66.7 Å². The lowest BCUT2D eigenvalue weighted by Crippen LogP contribution is -1.99. The molecule has 0 aliphatic rings. The Hall–Kier alpha value is -3.62. The molecule has 2 nitrogen and oxygen atoms in total. The smallest absolute Gasteiger partial charge is 0.119 e. The summed E-state index contributed by atoms with van der Waals surface area (Å²) in [6.45, 7) is 0.639. The zero-order valence-electron chi connectivity index (χ0n) is 17.4. The van der Waals surface area contributed by atoms with Crippen molar-refractivity contribution in [3.05, 3.63) is 138 Å². The van der Waals surface area contributed by atoms with E-state index in [0.29, 0.717) is 13.0 Å². The van der Waals surface area contributed by atoms with Gasteiger partial charge in [0.15, 0.2) is 0 Å². The molecule has 0 aliphatic heterocycles. The maximum absolute atomic E-state index is 9.81. The fourth-order valence-electron chi connectivity index (χ4n) is 3.74. The second kappa shape index (κ2) is 10.4. The van der Waals surface area contributed by atoms with Crippen molar-refractivity contribution in [2.45, 2.75) is 13.0 Å². The molecule has 0 spiro atoms. The quantitative estimate of drug-likeness (QED) is 0.334. The van der Waals surface area contributed by atoms with E-state index in [-0.39, 0.29) is 6.61 Å². The predicted molar refractivity (Wildman–Crippen MR) is 128 cm³/mol. The molecule has 154 valence electrons. The number of ether oxygens (including phenoxy) is 1. The first-order chi connectivity index (χ1) is 15.3. The van der Waals surface area contributed by atoms with Crippen molar-refractivity contribution < 1.29 is 9.84 Å². The second-order valence-corrected chi connectivity index (χ2v) is 7.36. The van der Waals surface area contributed by atoms with E-state index < -0.39 is 0 Å². The number of aliphatic hydroxyl groups excluding tert-OH is 1. The Labute approximate surface area is 184 Å². The first kappa shape index (κ1) is 20.6. The van der Waals surface area contributed by atoms with Gasteiger partial charge in [-0.05, 0) is 52.0 Å². The maximum atomic E-state index is 9.81. The third kappa shape index (κ3) is 5.30. The van der Waals surface area contributed by atoms with Gasteiger partial charge in [-0.25, -0.2) is 0 Å². The van der Waals surface area contributed by atoms with Gasteiger partial charge in [-0.3, -0.25) is 0 Å². The van der Waals surface area contributed by atoms with Crippen molar-refractivity contribution in [3.8, 4) is 5.75 Å². The van der Waals surface area contributed by atoms with Gasteiger partial charge in [0, 0.05) is 6.61 Å². The van der Waals surface area contributed by atoms with Crippen LogP contribution in [-0.4, -0.2) is 11.7 Å². The Morgan fingerprint density at radius 2 is 1.10 bits per heavy atom. The van der Waals surface area contributed by atoms with E-state index in [9.17, 15) is 5.11 Å². The number of aliphatic hydroxyl groups is 1. The van der Waals surface area contributed by atoms with Crippen LogP contribution in [0.4, 0.5) is 0 Å². The van der Waals surface area contributed by atoms with Crippen molar-refractivity contribution >= 4 is 11.1 Å². The van der Waals surface area contributed by atoms with Crippen LogP contribution in [0.25, 0.3) is 11.1 Å². The molecule has 4 aromatic carbocycles. The van der Waals surface area contributed by atoms with E-state index in [0.717, 1.165) is 39.1 Å². The second-order valence-electron chi connectivity index (χ2n) is 7.36. The summed E-state index contributed by atoms with van der Waals surface area (Å²) in [5.41, 5.74) is 6.77. The Balaban J connectivity index is 1.70. The average molecular weight is 407 g/mol. The average Bonchev–Trinajstić information content (AvgIpc) is 2.85. The normalized spacial score (nSPS) is 11.6. The molecule has 0 aromatic heterocycles. The third-order valence-corrected chi connectivity index (χ3v) is 5.24. The van der Waals surface area contributed by atoms with Gasteiger partial charge in [0.05, 0.1) is 0 Å². The summed E-state index contributed by atoms with van der Waals surface area (Å²) in [4.78, 5) is 0. The number of benzene rings is 4. The van der Waals surface area contributed by atoms with Crippen LogP contribution >= 0.6 is 0 Å². The van der Waals surface area contributed by atoms with Gasteiger partial charge in [0.2, 0.25) is 0 Å². The Bertz CT molecular complexity index is 1100. The summed E-state index contributed by atoms with van der Waals surface area (Å²) in [7, 11) is 0. The molecule has 0 unspecified atom stereocenters. The SMILES string of the molecule is OCCC(=C(c1ccccc1)c1ccc(OCc2ccccc2)cc1)c1ccccc1. The Morgan fingerprint density at radius 3 is 1.68 bits per heavy atom. The topological polar surface area (TPSA) is 29.5 Å². The number of rotatable bonds is 8. The fourth-order valence-corrected chi connectivity index (χ4v) is 3.74. The zero-order valence-corrected chi connectivity index (χ0v) is 17.4. The highest BCUT2D eigenvalue weighted by Gasteiger charge is 2.14. The van der Waals surface area contributed by atoms with E-state index in [4.69, 9.17) is 4.74 Å². The summed E-state index contributed by atoms with van der Waals surface area (Å²) in [5.74, 6) is 0.837. The lowest BCUT2D eigenvalue weighted by Gasteiger charge is -2.17. The van der Waals surface area contributed by atoms with Gasteiger partial charge >= 0.3 is 0 Å². The molecule has 0 fully saturated rings. The van der Waals surface area contributed by atoms with Crippen LogP contribution in [0.1, 0.15) is 28.7 Å². The van der Waals surface area contributed by atoms with Crippen molar-refractivity contribution in [1.82, 2.24) is 0 Å². The van der Waals surface area contributed by atoms with Crippen LogP contribution in [0.5, 0.6) is 5.75 Å². The minimum Gasteiger partial charge on any atom is -0.489 e. The maximum Gasteiger partial charge on any atom is 0.119 e. The van der Waals surface area contributed by atoms with Crippen LogP contribution in [-0.2, 0) is 6.61 Å². The predicted octanol–water partition coefficient (Wildman–Crippen LogP) is 6.61. The van der Waals surface area contributed by atoms with E-state index in [1.54, 1.807) is 0 Å².